The number of hydrogen-bond acceptors (Lipinski definition) is 3. The minimum absolute atomic E-state index is 0.351. The van der Waals surface area contributed by atoms with Gasteiger partial charge in [-0.3, -0.25) is 4.90 Å². The second-order valence-electron chi connectivity index (χ2n) is 6.18. The molecule has 0 saturated heterocycles. The molecule has 0 spiro atoms. The normalized spacial score (nSPS) is 17.2. The number of β-amino-alcohol motifs (C(OH)–C–C–N with tert-alkyl or cyclic N) is 1. The molecule has 1 N–H and O–H groups in total. The van der Waals surface area contributed by atoms with Gasteiger partial charge in [0.2, 0.25) is 0 Å². The highest BCUT2D eigenvalue weighted by Crippen LogP contribution is 2.27. The first kappa shape index (κ1) is 16.1. The van der Waals surface area contributed by atoms with Gasteiger partial charge in [-0.25, -0.2) is 0 Å². The monoisotopic (exact) mass is 289 g/mol. The van der Waals surface area contributed by atoms with E-state index in [9.17, 15) is 5.11 Å². The fourth-order valence-electron chi connectivity index (χ4n) is 2.64. The number of hydrogen-bond donors (Lipinski definition) is 1. The first-order valence-electron chi connectivity index (χ1n) is 7.85. The van der Waals surface area contributed by atoms with Gasteiger partial charge in [-0.2, -0.15) is 0 Å². The van der Waals surface area contributed by atoms with E-state index in [1.165, 1.54) is 11.1 Å². The second-order valence-corrected chi connectivity index (χ2v) is 6.18. The average molecular weight is 289 g/mol. The second kappa shape index (κ2) is 7.62. The van der Waals surface area contributed by atoms with E-state index >= 15 is 0 Å². The van der Waals surface area contributed by atoms with Crippen molar-refractivity contribution in [2.24, 2.45) is 0 Å². The van der Waals surface area contributed by atoms with Gasteiger partial charge < -0.3 is 9.84 Å². The predicted molar refractivity (Wildman–Crippen MR) is 87.0 cm³/mol. The highest BCUT2D eigenvalue weighted by molar-refractivity contribution is 5.39. The molecule has 116 valence electrons. The van der Waals surface area contributed by atoms with Crippen molar-refractivity contribution in [3.63, 3.8) is 0 Å². The first-order chi connectivity index (χ1) is 10.1. The summed E-state index contributed by atoms with van der Waals surface area (Å²) < 4.78 is 5.89. The Morgan fingerprint density at radius 2 is 2.10 bits per heavy atom. The van der Waals surface area contributed by atoms with Crippen molar-refractivity contribution in [2.45, 2.75) is 39.2 Å². The molecule has 0 fully saturated rings. The maximum absolute atomic E-state index is 10.2. The van der Waals surface area contributed by atoms with Crippen LogP contribution >= 0.6 is 0 Å². The molecule has 1 aromatic carbocycles. The van der Waals surface area contributed by atoms with Crippen molar-refractivity contribution in [2.75, 3.05) is 26.2 Å². The van der Waals surface area contributed by atoms with Gasteiger partial charge >= 0.3 is 0 Å². The highest BCUT2D eigenvalue weighted by atomic mass is 16.5. The Balaban J connectivity index is 1.89. The molecule has 1 heterocycles. The van der Waals surface area contributed by atoms with Gasteiger partial charge in [0, 0.05) is 19.6 Å². The average Bonchev–Trinajstić information content (AvgIpc) is 2.46. The molecule has 1 aliphatic rings. The molecule has 1 aliphatic heterocycles. The highest BCUT2D eigenvalue weighted by Gasteiger charge is 2.14. The molecule has 0 bridgehead atoms. The van der Waals surface area contributed by atoms with Crippen molar-refractivity contribution >= 4 is 0 Å². The van der Waals surface area contributed by atoms with E-state index in [2.05, 4.69) is 56.0 Å². The lowest BCUT2D eigenvalue weighted by molar-refractivity contribution is 0.0708. The van der Waals surface area contributed by atoms with Crippen LogP contribution in [0, 0.1) is 6.92 Å². The number of benzene rings is 1. The number of aliphatic hydroxyl groups is 1. The van der Waals surface area contributed by atoms with Crippen molar-refractivity contribution in [3.05, 3.63) is 41.5 Å². The molecule has 3 nitrogen and oxygen atoms in total. The molecule has 0 amide bonds. The molecule has 1 aromatic rings. The maximum atomic E-state index is 10.2. The van der Waals surface area contributed by atoms with E-state index in [1.807, 2.05) is 0 Å². The van der Waals surface area contributed by atoms with Gasteiger partial charge in [0.25, 0.3) is 0 Å². The number of aryl methyl sites for hydroxylation is 1. The predicted octanol–water partition coefficient (Wildman–Crippen LogP) is 3.12. The van der Waals surface area contributed by atoms with Gasteiger partial charge in [0.05, 0.1) is 0 Å². The topological polar surface area (TPSA) is 32.7 Å². The van der Waals surface area contributed by atoms with Crippen LogP contribution in [0.3, 0.4) is 0 Å². The quantitative estimate of drug-likeness (QED) is 0.817. The summed E-state index contributed by atoms with van der Waals surface area (Å²) in [5.74, 6) is 1.33. The van der Waals surface area contributed by atoms with E-state index < -0.39 is 6.10 Å². The third kappa shape index (κ3) is 4.87. The van der Waals surface area contributed by atoms with Crippen LogP contribution in [0.5, 0.6) is 5.75 Å². The molecular weight excluding hydrogens is 262 g/mol. The van der Waals surface area contributed by atoms with E-state index in [-0.39, 0.29) is 0 Å². The Bertz CT molecular complexity index is 482. The van der Waals surface area contributed by atoms with Crippen molar-refractivity contribution in [1.29, 1.82) is 0 Å². The Hall–Kier alpha value is -1.32. The summed E-state index contributed by atoms with van der Waals surface area (Å²) in [7, 11) is 0. The lowest BCUT2D eigenvalue weighted by Gasteiger charge is -2.26. The van der Waals surface area contributed by atoms with E-state index in [0.717, 1.165) is 25.3 Å². The van der Waals surface area contributed by atoms with Gasteiger partial charge in [-0.15, -0.1) is 0 Å². The summed E-state index contributed by atoms with van der Waals surface area (Å²) >= 11 is 0. The molecular formula is C18H27NO2. The van der Waals surface area contributed by atoms with E-state index in [0.29, 0.717) is 19.1 Å². The molecule has 2 rings (SSSR count). The maximum Gasteiger partial charge on any atom is 0.123 e. The molecule has 0 aromatic heterocycles. The summed E-state index contributed by atoms with van der Waals surface area (Å²) in [5.41, 5.74) is 2.39. The number of ether oxygens (including phenoxy) is 1. The summed E-state index contributed by atoms with van der Waals surface area (Å²) in [4.78, 5) is 2.26. The molecule has 0 saturated carbocycles. The Morgan fingerprint density at radius 3 is 2.76 bits per heavy atom. The fourth-order valence-corrected chi connectivity index (χ4v) is 2.64. The third-order valence-electron chi connectivity index (χ3n) is 3.83. The van der Waals surface area contributed by atoms with Crippen LogP contribution in [0.25, 0.3) is 0 Å². The SMILES string of the molecule is Cc1ccc(C(C)C)c(OC[C@H](O)CN2CC=CCC2)c1. The van der Waals surface area contributed by atoms with Gasteiger partial charge in [0.15, 0.2) is 0 Å². The van der Waals surface area contributed by atoms with Crippen LogP contribution in [-0.4, -0.2) is 42.4 Å². The zero-order valence-electron chi connectivity index (χ0n) is 13.4. The Kier molecular flexibility index (Phi) is 5.83. The number of rotatable bonds is 6. The third-order valence-corrected chi connectivity index (χ3v) is 3.83. The Morgan fingerprint density at radius 1 is 1.29 bits per heavy atom. The van der Waals surface area contributed by atoms with Gasteiger partial charge in [-0.1, -0.05) is 38.1 Å². The van der Waals surface area contributed by atoms with Crippen molar-refractivity contribution < 1.29 is 9.84 Å². The summed E-state index contributed by atoms with van der Waals surface area (Å²) in [6.07, 6.45) is 4.98. The smallest absolute Gasteiger partial charge is 0.123 e. The van der Waals surface area contributed by atoms with Crippen LogP contribution in [0.1, 0.15) is 37.3 Å². The van der Waals surface area contributed by atoms with Crippen LogP contribution in [0.4, 0.5) is 0 Å². The Labute approximate surface area is 128 Å². The zero-order chi connectivity index (χ0) is 15.2. The molecule has 3 heteroatoms. The first-order valence-corrected chi connectivity index (χ1v) is 7.85. The van der Waals surface area contributed by atoms with Crippen molar-refractivity contribution in [1.82, 2.24) is 4.90 Å². The standard InChI is InChI=1S/C18H27NO2/c1-14(2)17-8-7-15(3)11-18(17)21-13-16(20)12-19-9-5-4-6-10-19/h4-5,7-8,11,14,16,20H,6,9-10,12-13H2,1-3H3/t16-/m1/s1. The summed E-state index contributed by atoms with van der Waals surface area (Å²) in [6.45, 7) is 9.36. The lowest BCUT2D eigenvalue weighted by atomic mass is 10.0. The minimum Gasteiger partial charge on any atom is -0.491 e. The summed E-state index contributed by atoms with van der Waals surface area (Å²) in [6, 6.07) is 6.29. The van der Waals surface area contributed by atoms with Crippen LogP contribution in [-0.2, 0) is 0 Å². The zero-order valence-corrected chi connectivity index (χ0v) is 13.4. The van der Waals surface area contributed by atoms with Crippen molar-refractivity contribution in [3.8, 4) is 5.75 Å². The summed E-state index contributed by atoms with van der Waals surface area (Å²) in [5, 5.41) is 10.2. The van der Waals surface area contributed by atoms with Crippen LogP contribution < -0.4 is 4.74 Å². The fraction of sp³-hybridized carbons (Fsp3) is 0.556. The van der Waals surface area contributed by atoms with Crippen LogP contribution in [0.15, 0.2) is 30.4 Å². The van der Waals surface area contributed by atoms with E-state index in [4.69, 9.17) is 4.74 Å². The van der Waals surface area contributed by atoms with Gasteiger partial charge in [0.1, 0.15) is 18.5 Å². The largest absolute Gasteiger partial charge is 0.491 e. The minimum atomic E-state index is -0.447. The molecule has 0 radical (unpaired) electrons. The lowest BCUT2D eigenvalue weighted by Crippen LogP contribution is -2.37. The molecule has 0 aliphatic carbocycles. The molecule has 1 atom stereocenters. The molecule has 0 unspecified atom stereocenters. The number of aliphatic hydroxyl groups excluding tert-OH is 1. The van der Waals surface area contributed by atoms with E-state index in [1.54, 1.807) is 0 Å². The van der Waals surface area contributed by atoms with Crippen LogP contribution in [0.2, 0.25) is 0 Å². The van der Waals surface area contributed by atoms with Gasteiger partial charge in [-0.05, 0) is 36.5 Å². The molecule has 21 heavy (non-hydrogen) atoms. The number of nitrogens with zero attached hydrogens (tertiary/aromatic N) is 1.